The molecule has 0 amide bonds. The van der Waals surface area contributed by atoms with Gasteiger partial charge in [0.25, 0.3) is 0 Å². The molecule has 0 bridgehead atoms. The molecule has 3 nitrogen and oxygen atoms in total. The third-order valence-electron chi connectivity index (χ3n) is 1.98. The van der Waals surface area contributed by atoms with Crippen LogP contribution in [0.15, 0.2) is 36.4 Å². The number of rotatable bonds is 3. The highest BCUT2D eigenvalue weighted by molar-refractivity contribution is 6.33. The number of halogens is 3. The second kappa shape index (κ2) is 5.05. The molecule has 17 heavy (non-hydrogen) atoms. The van der Waals surface area contributed by atoms with Crippen molar-refractivity contribution in [3.8, 4) is 17.1 Å². The fourth-order valence-corrected chi connectivity index (χ4v) is 1.53. The molecule has 2 aromatic rings. The van der Waals surface area contributed by atoms with Gasteiger partial charge in [0.1, 0.15) is 5.69 Å². The average Bonchev–Trinajstić information content (AvgIpc) is 2.29. The smallest absolute Gasteiger partial charge is 0.388 e. The first-order valence-electron chi connectivity index (χ1n) is 4.70. The van der Waals surface area contributed by atoms with Crippen LogP contribution in [0, 0.1) is 0 Å². The van der Waals surface area contributed by atoms with Crippen LogP contribution in [-0.4, -0.2) is 16.8 Å². The Labute approximate surface area is 101 Å². The van der Waals surface area contributed by atoms with Gasteiger partial charge in [0, 0.05) is 11.6 Å². The lowest BCUT2D eigenvalue weighted by Gasteiger charge is -2.05. The van der Waals surface area contributed by atoms with Crippen LogP contribution in [0.5, 0.6) is 5.88 Å². The van der Waals surface area contributed by atoms with Gasteiger partial charge >= 0.3 is 6.61 Å². The lowest BCUT2D eigenvalue weighted by molar-refractivity contribution is -0.0533. The molecule has 0 fully saturated rings. The molecule has 0 N–H and O–H groups in total. The molecular formula is C11H7ClF2N2O. The van der Waals surface area contributed by atoms with E-state index in [0.717, 1.165) is 5.56 Å². The number of benzene rings is 1. The van der Waals surface area contributed by atoms with Crippen LogP contribution in [0.25, 0.3) is 11.3 Å². The first kappa shape index (κ1) is 11.7. The van der Waals surface area contributed by atoms with E-state index in [-0.39, 0.29) is 10.9 Å². The Kier molecular flexibility index (Phi) is 3.49. The highest BCUT2D eigenvalue weighted by Gasteiger charge is 2.11. The number of hydrogen-bond acceptors (Lipinski definition) is 3. The summed E-state index contributed by atoms with van der Waals surface area (Å²) in [7, 11) is 0. The van der Waals surface area contributed by atoms with Crippen LogP contribution in [0.3, 0.4) is 0 Å². The molecule has 6 heteroatoms. The Morgan fingerprint density at radius 2 is 1.82 bits per heavy atom. The molecule has 0 unspecified atom stereocenters. The Hall–Kier alpha value is -1.75. The molecule has 0 aliphatic heterocycles. The molecule has 2 rings (SSSR count). The van der Waals surface area contributed by atoms with E-state index < -0.39 is 6.61 Å². The SMILES string of the molecule is FC(F)Oc1cc(Cl)c(-c2ccccc2)nn1. The summed E-state index contributed by atoms with van der Waals surface area (Å²) in [5, 5.41) is 7.49. The summed E-state index contributed by atoms with van der Waals surface area (Å²) in [6.07, 6.45) is 0. The first-order chi connectivity index (χ1) is 8.16. The van der Waals surface area contributed by atoms with Gasteiger partial charge in [-0.3, -0.25) is 0 Å². The zero-order valence-electron chi connectivity index (χ0n) is 8.48. The minimum atomic E-state index is -2.94. The van der Waals surface area contributed by atoms with Crippen molar-refractivity contribution in [2.45, 2.75) is 6.61 Å². The van der Waals surface area contributed by atoms with Crippen LogP contribution in [-0.2, 0) is 0 Å². The van der Waals surface area contributed by atoms with Gasteiger partial charge in [-0.25, -0.2) is 0 Å². The van der Waals surface area contributed by atoms with E-state index >= 15 is 0 Å². The molecular weight excluding hydrogens is 250 g/mol. The van der Waals surface area contributed by atoms with Crippen LogP contribution < -0.4 is 4.74 Å². The fourth-order valence-electron chi connectivity index (χ4n) is 1.29. The van der Waals surface area contributed by atoms with Crippen molar-refractivity contribution in [3.63, 3.8) is 0 Å². The van der Waals surface area contributed by atoms with Crippen molar-refractivity contribution in [1.82, 2.24) is 10.2 Å². The van der Waals surface area contributed by atoms with Crippen molar-refractivity contribution < 1.29 is 13.5 Å². The summed E-state index contributed by atoms with van der Waals surface area (Å²) in [5.74, 6) is -0.301. The van der Waals surface area contributed by atoms with E-state index in [2.05, 4.69) is 14.9 Å². The van der Waals surface area contributed by atoms with E-state index in [0.29, 0.717) is 5.69 Å². The molecule has 0 aliphatic carbocycles. The molecule has 0 saturated heterocycles. The maximum Gasteiger partial charge on any atom is 0.388 e. The van der Waals surface area contributed by atoms with E-state index in [4.69, 9.17) is 11.6 Å². The van der Waals surface area contributed by atoms with Gasteiger partial charge in [0.2, 0.25) is 5.88 Å². The second-order valence-corrected chi connectivity index (χ2v) is 3.53. The summed E-state index contributed by atoms with van der Waals surface area (Å²) in [6, 6.07) is 10.3. The third-order valence-corrected chi connectivity index (χ3v) is 2.27. The molecule has 1 aromatic heterocycles. The lowest BCUT2D eigenvalue weighted by Crippen LogP contribution is -2.04. The Bertz CT molecular complexity index is 508. The van der Waals surface area contributed by atoms with Gasteiger partial charge in [0.05, 0.1) is 5.02 Å². The predicted molar refractivity (Wildman–Crippen MR) is 59.1 cm³/mol. The largest absolute Gasteiger partial charge is 0.415 e. The van der Waals surface area contributed by atoms with Gasteiger partial charge in [0.15, 0.2) is 0 Å². The number of nitrogens with zero attached hydrogens (tertiary/aromatic N) is 2. The predicted octanol–water partition coefficient (Wildman–Crippen LogP) is 3.40. The molecule has 88 valence electrons. The maximum atomic E-state index is 11.9. The standard InChI is InChI=1S/C11H7ClF2N2O/c12-8-6-9(17-11(13)14)15-16-10(8)7-4-2-1-3-5-7/h1-6,11H. The minimum absolute atomic E-state index is 0.210. The Balaban J connectivity index is 2.32. The maximum absolute atomic E-state index is 11.9. The zero-order chi connectivity index (χ0) is 12.3. The van der Waals surface area contributed by atoms with Gasteiger partial charge in [-0.2, -0.15) is 8.78 Å². The number of aromatic nitrogens is 2. The Morgan fingerprint density at radius 1 is 1.12 bits per heavy atom. The Morgan fingerprint density at radius 3 is 2.41 bits per heavy atom. The van der Waals surface area contributed by atoms with Crippen LogP contribution in [0.1, 0.15) is 0 Å². The van der Waals surface area contributed by atoms with Crippen LogP contribution >= 0.6 is 11.6 Å². The van der Waals surface area contributed by atoms with Gasteiger partial charge in [-0.1, -0.05) is 41.9 Å². The highest BCUT2D eigenvalue weighted by Crippen LogP contribution is 2.27. The van der Waals surface area contributed by atoms with Crippen molar-refractivity contribution in [1.29, 1.82) is 0 Å². The van der Waals surface area contributed by atoms with Crippen molar-refractivity contribution in [2.75, 3.05) is 0 Å². The van der Waals surface area contributed by atoms with E-state index in [9.17, 15) is 8.78 Å². The van der Waals surface area contributed by atoms with Crippen LogP contribution in [0.2, 0.25) is 5.02 Å². The molecule has 0 atom stereocenters. The molecule has 0 radical (unpaired) electrons. The topological polar surface area (TPSA) is 35.0 Å². The molecule has 0 saturated carbocycles. The van der Waals surface area contributed by atoms with E-state index in [1.807, 2.05) is 18.2 Å². The van der Waals surface area contributed by atoms with Crippen LogP contribution in [0.4, 0.5) is 8.78 Å². The van der Waals surface area contributed by atoms with Crippen molar-refractivity contribution >= 4 is 11.6 Å². The fraction of sp³-hybridized carbons (Fsp3) is 0.0909. The van der Waals surface area contributed by atoms with Gasteiger partial charge in [-0.05, 0) is 0 Å². The molecule has 1 heterocycles. The first-order valence-corrected chi connectivity index (χ1v) is 5.08. The van der Waals surface area contributed by atoms with Gasteiger partial charge < -0.3 is 4.74 Å². The highest BCUT2D eigenvalue weighted by atomic mass is 35.5. The lowest BCUT2D eigenvalue weighted by atomic mass is 10.1. The molecule has 1 aromatic carbocycles. The van der Waals surface area contributed by atoms with E-state index in [1.165, 1.54) is 6.07 Å². The minimum Gasteiger partial charge on any atom is -0.415 e. The summed E-state index contributed by atoms with van der Waals surface area (Å²) in [5.41, 5.74) is 1.18. The second-order valence-electron chi connectivity index (χ2n) is 3.12. The molecule has 0 aliphatic rings. The summed E-state index contributed by atoms with van der Waals surface area (Å²) >= 11 is 5.92. The third kappa shape index (κ3) is 2.88. The number of hydrogen-bond donors (Lipinski definition) is 0. The summed E-state index contributed by atoms with van der Waals surface area (Å²) in [6.45, 7) is -2.94. The van der Waals surface area contributed by atoms with Crippen molar-refractivity contribution in [2.24, 2.45) is 0 Å². The zero-order valence-corrected chi connectivity index (χ0v) is 9.23. The summed E-state index contributed by atoms with van der Waals surface area (Å²) < 4.78 is 28.0. The molecule has 0 spiro atoms. The number of ether oxygens (including phenoxy) is 1. The summed E-state index contributed by atoms with van der Waals surface area (Å²) in [4.78, 5) is 0. The number of alkyl halides is 2. The normalized spacial score (nSPS) is 10.6. The van der Waals surface area contributed by atoms with Crippen molar-refractivity contribution in [3.05, 3.63) is 41.4 Å². The average molecular weight is 257 g/mol. The monoisotopic (exact) mass is 256 g/mol. The quantitative estimate of drug-likeness (QED) is 0.844. The van der Waals surface area contributed by atoms with E-state index in [1.54, 1.807) is 12.1 Å². The van der Waals surface area contributed by atoms with Gasteiger partial charge in [-0.15, -0.1) is 10.2 Å².